The fourth-order valence-electron chi connectivity index (χ4n) is 3.84. The fourth-order valence-corrected chi connectivity index (χ4v) is 4.74. The molecule has 0 aliphatic heterocycles. The van der Waals surface area contributed by atoms with Crippen LogP contribution in [0.3, 0.4) is 0 Å². The Hall–Kier alpha value is -3.00. The van der Waals surface area contributed by atoms with E-state index >= 15 is 0 Å². The summed E-state index contributed by atoms with van der Waals surface area (Å²) in [5, 5.41) is 17.4. The van der Waals surface area contributed by atoms with E-state index in [1.54, 1.807) is 4.68 Å². The minimum absolute atomic E-state index is 0.302. The first-order valence-corrected chi connectivity index (χ1v) is 11.1. The number of rotatable bonds is 6. The van der Waals surface area contributed by atoms with Crippen LogP contribution in [0.25, 0.3) is 11.3 Å². The van der Waals surface area contributed by atoms with Crippen LogP contribution in [0.5, 0.6) is 0 Å². The van der Waals surface area contributed by atoms with Crippen LogP contribution in [0.1, 0.15) is 56.3 Å². The van der Waals surface area contributed by atoms with Crippen molar-refractivity contribution in [1.82, 2.24) is 4.68 Å². The summed E-state index contributed by atoms with van der Waals surface area (Å²) in [6, 6.07) is 11.6. The van der Waals surface area contributed by atoms with Gasteiger partial charge in [-0.2, -0.15) is 5.10 Å². The highest BCUT2D eigenvalue weighted by Crippen LogP contribution is 2.33. The van der Waals surface area contributed by atoms with Gasteiger partial charge in [-0.25, -0.2) is 4.68 Å². The summed E-state index contributed by atoms with van der Waals surface area (Å²) in [4.78, 5) is 15.5. The Labute approximate surface area is 178 Å². The van der Waals surface area contributed by atoms with Crippen LogP contribution in [0, 0.1) is 10.1 Å². The van der Waals surface area contributed by atoms with Crippen molar-refractivity contribution < 1.29 is 9.34 Å². The number of aromatic nitrogens is 1. The van der Waals surface area contributed by atoms with Gasteiger partial charge in [0, 0.05) is 17.5 Å². The molecule has 30 heavy (non-hydrogen) atoms. The van der Waals surface area contributed by atoms with Crippen molar-refractivity contribution in [3.63, 3.8) is 0 Å². The van der Waals surface area contributed by atoms with Crippen LogP contribution < -0.4 is 4.80 Å². The number of furan rings is 1. The molecule has 1 saturated carbocycles. The maximum Gasteiger partial charge on any atom is 0.433 e. The number of nitro groups is 1. The number of hydrogen-bond donors (Lipinski definition) is 0. The van der Waals surface area contributed by atoms with Gasteiger partial charge in [-0.1, -0.05) is 43.5 Å². The van der Waals surface area contributed by atoms with Crippen LogP contribution in [-0.4, -0.2) is 22.4 Å². The molecule has 3 aromatic rings. The molecular weight excluding hydrogens is 400 g/mol. The maximum atomic E-state index is 10.8. The minimum atomic E-state index is -0.563. The highest BCUT2D eigenvalue weighted by molar-refractivity contribution is 7.07. The maximum absolute atomic E-state index is 10.8. The summed E-state index contributed by atoms with van der Waals surface area (Å²) < 4.78 is 6.94. The standard InChI is InChI=1S/C22H24N4O3S/c1-2-23-22-25(24-14-19-12-13-21(29-19)26(27)28)20(15-30-22)18-10-8-17(9-11-18)16-6-4-3-5-7-16/h8-16H,2-7H2,1H3. The molecule has 1 fully saturated rings. The molecular formula is C22H24N4O3S. The third kappa shape index (κ3) is 4.43. The lowest BCUT2D eigenvalue weighted by Crippen LogP contribution is -2.12. The van der Waals surface area contributed by atoms with E-state index in [2.05, 4.69) is 34.4 Å². The highest BCUT2D eigenvalue weighted by atomic mass is 32.1. The molecule has 0 radical (unpaired) electrons. The molecule has 0 spiro atoms. The quantitative estimate of drug-likeness (QED) is 0.294. The topological polar surface area (TPSA) is 85.9 Å². The molecule has 0 saturated heterocycles. The first kappa shape index (κ1) is 20.3. The van der Waals surface area contributed by atoms with E-state index in [0.29, 0.717) is 18.2 Å². The van der Waals surface area contributed by atoms with E-state index in [1.165, 1.54) is 67.4 Å². The summed E-state index contributed by atoms with van der Waals surface area (Å²) >= 11 is 1.52. The lowest BCUT2D eigenvalue weighted by Gasteiger charge is -2.22. The Morgan fingerprint density at radius 1 is 1.20 bits per heavy atom. The molecule has 1 aromatic carbocycles. The van der Waals surface area contributed by atoms with Crippen molar-refractivity contribution >= 4 is 23.4 Å². The monoisotopic (exact) mass is 424 g/mol. The van der Waals surface area contributed by atoms with Crippen molar-refractivity contribution in [2.75, 3.05) is 6.54 Å². The highest BCUT2D eigenvalue weighted by Gasteiger charge is 2.16. The molecule has 7 nitrogen and oxygen atoms in total. The second-order valence-electron chi connectivity index (χ2n) is 7.32. The van der Waals surface area contributed by atoms with Gasteiger partial charge in [-0.3, -0.25) is 15.1 Å². The SMILES string of the molecule is CCN=c1scc(-c2ccc(C3CCCCC3)cc2)n1N=Cc1ccc([N+](=O)[O-])o1. The van der Waals surface area contributed by atoms with Crippen molar-refractivity contribution in [1.29, 1.82) is 0 Å². The molecule has 1 aliphatic carbocycles. The Bertz CT molecular complexity index is 1100. The van der Waals surface area contributed by atoms with E-state index in [9.17, 15) is 10.1 Å². The van der Waals surface area contributed by atoms with Gasteiger partial charge in [0.15, 0.2) is 5.76 Å². The van der Waals surface area contributed by atoms with Crippen LogP contribution in [0.15, 0.2) is 56.3 Å². The Morgan fingerprint density at radius 3 is 2.63 bits per heavy atom. The lowest BCUT2D eigenvalue weighted by molar-refractivity contribution is -0.402. The largest absolute Gasteiger partial charge is 0.433 e. The third-order valence-electron chi connectivity index (χ3n) is 5.35. The van der Waals surface area contributed by atoms with E-state index in [-0.39, 0.29) is 5.88 Å². The zero-order chi connectivity index (χ0) is 20.9. The van der Waals surface area contributed by atoms with Gasteiger partial charge in [0.1, 0.15) is 4.92 Å². The molecule has 0 unspecified atom stereocenters. The molecule has 0 N–H and O–H groups in total. The number of thiazole rings is 1. The predicted molar refractivity (Wildman–Crippen MR) is 118 cm³/mol. The van der Waals surface area contributed by atoms with E-state index in [1.807, 2.05) is 12.3 Å². The Kier molecular flexibility index (Phi) is 6.23. The first-order valence-electron chi connectivity index (χ1n) is 10.3. The second-order valence-corrected chi connectivity index (χ2v) is 8.16. The molecule has 2 heterocycles. The summed E-state index contributed by atoms with van der Waals surface area (Å²) in [5.74, 6) is 0.686. The van der Waals surface area contributed by atoms with Crippen LogP contribution in [0.4, 0.5) is 5.88 Å². The Morgan fingerprint density at radius 2 is 1.97 bits per heavy atom. The first-order chi connectivity index (χ1) is 14.7. The van der Waals surface area contributed by atoms with Gasteiger partial charge in [0.25, 0.3) is 0 Å². The van der Waals surface area contributed by atoms with Gasteiger partial charge in [0.2, 0.25) is 4.80 Å². The van der Waals surface area contributed by atoms with E-state index < -0.39 is 4.92 Å². The summed E-state index contributed by atoms with van der Waals surface area (Å²) in [5.41, 5.74) is 3.40. The fraction of sp³-hybridized carbons (Fsp3) is 0.364. The van der Waals surface area contributed by atoms with E-state index in [0.717, 1.165) is 16.1 Å². The number of nitrogens with zero attached hydrogens (tertiary/aromatic N) is 4. The van der Waals surface area contributed by atoms with Crippen LogP contribution >= 0.6 is 11.3 Å². The van der Waals surface area contributed by atoms with Gasteiger partial charge >= 0.3 is 5.88 Å². The Balaban J connectivity index is 1.64. The van der Waals surface area contributed by atoms with Crippen LogP contribution in [-0.2, 0) is 0 Å². The molecule has 2 aromatic heterocycles. The average molecular weight is 425 g/mol. The summed E-state index contributed by atoms with van der Waals surface area (Å²) in [6.45, 7) is 2.62. The van der Waals surface area contributed by atoms with E-state index in [4.69, 9.17) is 4.42 Å². The third-order valence-corrected chi connectivity index (χ3v) is 6.21. The summed E-state index contributed by atoms with van der Waals surface area (Å²) in [7, 11) is 0. The molecule has 0 bridgehead atoms. The second kappa shape index (κ2) is 9.21. The minimum Gasteiger partial charge on any atom is -0.400 e. The summed E-state index contributed by atoms with van der Waals surface area (Å²) in [6.07, 6.45) is 8.02. The normalized spacial score (nSPS) is 15.8. The smallest absolute Gasteiger partial charge is 0.400 e. The number of benzene rings is 1. The predicted octanol–water partition coefficient (Wildman–Crippen LogP) is 5.57. The van der Waals surface area contributed by atoms with Crippen LogP contribution in [0.2, 0.25) is 0 Å². The van der Waals surface area contributed by atoms with Gasteiger partial charge < -0.3 is 4.42 Å². The zero-order valence-electron chi connectivity index (χ0n) is 16.9. The lowest BCUT2D eigenvalue weighted by atomic mass is 9.84. The number of hydrogen-bond acceptors (Lipinski definition) is 6. The van der Waals surface area contributed by atoms with Crippen molar-refractivity contribution in [2.45, 2.75) is 44.9 Å². The molecule has 0 amide bonds. The van der Waals surface area contributed by atoms with Crippen molar-refractivity contribution in [2.24, 2.45) is 10.1 Å². The zero-order valence-corrected chi connectivity index (χ0v) is 17.7. The van der Waals surface area contributed by atoms with Gasteiger partial charge in [-0.05, 0) is 37.3 Å². The molecule has 1 aliphatic rings. The average Bonchev–Trinajstić information content (AvgIpc) is 3.41. The van der Waals surface area contributed by atoms with Crippen molar-refractivity contribution in [3.05, 3.63) is 68.0 Å². The van der Waals surface area contributed by atoms with Gasteiger partial charge in [0.05, 0.1) is 18.0 Å². The molecule has 156 valence electrons. The van der Waals surface area contributed by atoms with Gasteiger partial charge in [-0.15, -0.1) is 11.3 Å². The molecule has 4 rings (SSSR count). The molecule has 8 heteroatoms. The molecule has 0 atom stereocenters. The van der Waals surface area contributed by atoms with Crippen molar-refractivity contribution in [3.8, 4) is 11.3 Å².